The fourth-order valence-corrected chi connectivity index (χ4v) is 3.53. The Morgan fingerprint density at radius 1 is 1.03 bits per heavy atom. The van der Waals surface area contributed by atoms with Crippen molar-refractivity contribution in [2.45, 2.75) is 12.2 Å². The van der Waals surface area contributed by atoms with Gasteiger partial charge in [0.1, 0.15) is 23.3 Å². The van der Waals surface area contributed by atoms with Gasteiger partial charge in [-0.1, -0.05) is 0 Å². The van der Waals surface area contributed by atoms with Gasteiger partial charge in [-0.05, 0) is 60.7 Å². The third-order valence-corrected chi connectivity index (χ3v) is 5.09. The number of Topliss-reactive ketones (excluding diaryl/α,β-unsaturated/α-hetero) is 1. The topological polar surface area (TPSA) is 80.0 Å². The average Bonchev–Trinajstić information content (AvgIpc) is 3.40. The third kappa shape index (κ3) is 3.62. The molecule has 0 bridgehead atoms. The van der Waals surface area contributed by atoms with E-state index in [0.29, 0.717) is 5.75 Å². The number of aliphatic hydroxyl groups excluding tert-OH is 1. The molecular weight excluding hydrogens is 427 g/mol. The third-order valence-electron chi connectivity index (χ3n) is 5.09. The second-order valence-electron chi connectivity index (χ2n) is 6.96. The summed E-state index contributed by atoms with van der Waals surface area (Å²) in [6.45, 7) is 0. The van der Waals surface area contributed by atoms with Gasteiger partial charge in [0.2, 0.25) is 0 Å². The van der Waals surface area contributed by atoms with Gasteiger partial charge in [0.05, 0.1) is 24.5 Å². The van der Waals surface area contributed by atoms with Crippen molar-refractivity contribution in [3.05, 3.63) is 89.4 Å². The first kappa shape index (κ1) is 21.2. The van der Waals surface area contributed by atoms with Crippen molar-refractivity contribution >= 4 is 23.1 Å². The van der Waals surface area contributed by atoms with Crippen LogP contribution in [0.2, 0.25) is 0 Å². The maximum Gasteiger partial charge on any atom is 0.416 e. The molecule has 1 unspecified atom stereocenters. The van der Waals surface area contributed by atoms with E-state index >= 15 is 0 Å². The summed E-state index contributed by atoms with van der Waals surface area (Å²) in [6.07, 6.45) is -3.23. The Labute approximate surface area is 180 Å². The zero-order valence-corrected chi connectivity index (χ0v) is 16.6. The number of benzene rings is 2. The van der Waals surface area contributed by atoms with Gasteiger partial charge in [0, 0.05) is 11.3 Å². The van der Waals surface area contributed by atoms with E-state index < -0.39 is 35.2 Å². The molecule has 0 spiro atoms. The van der Waals surface area contributed by atoms with Crippen molar-refractivity contribution < 1.29 is 37.0 Å². The monoisotopic (exact) mass is 443 g/mol. The van der Waals surface area contributed by atoms with E-state index in [1.807, 2.05) is 0 Å². The molecule has 0 aliphatic carbocycles. The molecule has 3 aromatic rings. The second-order valence-corrected chi connectivity index (χ2v) is 6.96. The molecule has 1 amide bonds. The first-order valence-corrected chi connectivity index (χ1v) is 9.38. The predicted molar refractivity (Wildman–Crippen MR) is 108 cm³/mol. The van der Waals surface area contributed by atoms with Crippen LogP contribution in [0.4, 0.5) is 18.9 Å². The summed E-state index contributed by atoms with van der Waals surface area (Å²) in [5.41, 5.74) is -0.830. The van der Waals surface area contributed by atoms with E-state index in [1.54, 1.807) is 12.1 Å². The molecule has 1 aromatic heterocycles. The van der Waals surface area contributed by atoms with E-state index in [2.05, 4.69) is 0 Å². The lowest BCUT2D eigenvalue weighted by molar-refractivity contribution is -0.137. The molecular formula is C23H16F3NO5. The minimum absolute atomic E-state index is 0.0512. The Morgan fingerprint density at radius 2 is 1.69 bits per heavy atom. The van der Waals surface area contributed by atoms with Crippen molar-refractivity contribution in [2.75, 3.05) is 12.0 Å². The van der Waals surface area contributed by atoms with Crippen LogP contribution < -0.4 is 9.64 Å². The summed E-state index contributed by atoms with van der Waals surface area (Å²) in [7, 11) is 1.47. The molecule has 164 valence electrons. The lowest BCUT2D eigenvalue weighted by atomic mass is 9.99. The van der Waals surface area contributed by atoms with Gasteiger partial charge in [0.25, 0.3) is 11.7 Å². The van der Waals surface area contributed by atoms with E-state index in [4.69, 9.17) is 9.15 Å². The fourth-order valence-electron chi connectivity index (χ4n) is 3.53. The molecule has 0 saturated carbocycles. The number of aliphatic hydroxyl groups is 1. The zero-order chi connectivity index (χ0) is 23.0. The van der Waals surface area contributed by atoms with Crippen LogP contribution in [0.25, 0.3) is 5.76 Å². The normalized spacial score (nSPS) is 18.2. The Bertz CT molecular complexity index is 1180. The van der Waals surface area contributed by atoms with Gasteiger partial charge in [0.15, 0.2) is 0 Å². The highest BCUT2D eigenvalue weighted by Crippen LogP contribution is 2.43. The van der Waals surface area contributed by atoms with Crippen molar-refractivity contribution in [1.29, 1.82) is 0 Å². The van der Waals surface area contributed by atoms with Crippen LogP contribution in [0.15, 0.2) is 76.9 Å². The number of ether oxygens (including phenoxy) is 1. The van der Waals surface area contributed by atoms with Crippen LogP contribution in [0.3, 0.4) is 0 Å². The molecule has 2 heterocycles. The first-order valence-electron chi connectivity index (χ1n) is 9.38. The summed E-state index contributed by atoms with van der Waals surface area (Å²) in [6, 6.07) is 11.9. The smallest absolute Gasteiger partial charge is 0.416 e. The van der Waals surface area contributed by atoms with Crippen molar-refractivity contribution in [1.82, 2.24) is 0 Å². The van der Waals surface area contributed by atoms with E-state index in [9.17, 15) is 27.9 Å². The lowest BCUT2D eigenvalue weighted by Gasteiger charge is -2.23. The van der Waals surface area contributed by atoms with Crippen molar-refractivity contribution in [3.8, 4) is 5.75 Å². The maximum atomic E-state index is 12.9. The second kappa shape index (κ2) is 7.92. The highest BCUT2D eigenvalue weighted by molar-refractivity contribution is 6.51. The standard InChI is InChI=1S/C23H16F3NO5/c1-31-16-10-4-13(5-11-16)20(28)18-19(17-3-2-12-32-17)27(22(30)21(18)29)15-8-6-14(7-9-15)23(24,25)26/h2-12,19,28H,1H3/b20-18-. The number of methoxy groups -OCH3 is 1. The predicted octanol–water partition coefficient (Wildman–Crippen LogP) is 4.93. The number of carbonyl (C=O) groups is 2. The number of amides is 1. The SMILES string of the molecule is COc1ccc(/C(O)=C2/C(=O)C(=O)N(c3ccc(C(F)(F)F)cc3)C2c2ccco2)cc1. The Hall–Kier alpha value is -4.01. The van der Waals surface area contributed by atoms with Crippen LogP contribution in [-0.2, 0) is 15.8 Å². The Morgan fingerprint density at radius 3 is 2.22 bits per heavy atom. The summed E-state index contributed by atoms with van der Waals surface area (Å²) >= 11 is 0. The van der Waals surface area contributed by atoms with E-state index in [0.717, 1.165) is 29.2 Å². The molecule has 1 saturated heterocycles. The van der Waals surface area contributed by atoms with Crippen LogP contribution in [0.5, 0.6) is 5.75 Å². The largest absolute Gasteiger partial charge is 0.507 e. The van der Waals surface area contributed by atoms with Crippen LogP contribution in [-0.4, -0.2) is 23.9 Å². The summed E-state index contributed by atoms with van der Waals surface area (Å²) < 4.78 is 49.3. The molecule has 1 N–H and O–H groups in total. The molecule has 9 heteroatoms. The van der Waals surface area contributed by atoms with Gasteiger partial charge in [-0.3, -0.25) is 14.5 Å². The number of nitrogens with zero attached hydrogens (tertiary/aromatic N) is 1. The Kier molecular flexibility index (Phi) is 5.25. The number of halogens is 3. The number of anilines is 1. The van der Waals surface area contributed by atoms with E-state index in [1.165, 1.54) is 37.6 Å². The Balaban J connectivity index is 1.84. The molecule has 6 nitrogen and oxygen atoms in total. The summed E-state index contributed by atoms with van der Waals surface area (Å²) in [4.78, 5) is 26.8. The minimum atomic E-state index is -4.55. The molecule has 32 heavy (non-hydrogen) atoms. The molecule has 1 aliphatic rings. The first-order chi connectivity index (χ1) is 15.2. The van der Waals surface area contributed by atoms with Gasteiger partial charge in [-0.15, -0.1) is 0 Å². The van der Waals surface area contributed by atoms with Gasteiger partial charge < -0.3 is 14.3 Å². The number of hydrogen-bond acceptors (Lipinski definition) is 5. The molecule has 2 aromatic carbocycles. The van der Waals surface area contributed by atoms with E-state index in [-0.39, 0.29) is 22.6 Å². The fraction of sp³-hybridized carbons (Fsp3) is 0.130. The quantitative estimate of drug-likeness (QED) is 0.351. The number of furan rings is 1. The highest BCUT2D eigenvalue weighted by atomic mass is 19.4. The van der Waals surface area contributed by atoms with Gasteiger partial charge in [-0.25, -0.2) is 0 Å². The van der Waals surface area contributed by atoms with Gasteiger partial charge >= 0.3 is 6.18 Å². The van der Waals surface area contributed by atoms with Crippen LogP contribution in [0, 0.1) is 0 Å². The minimum Gasteiger partial charge on any atom is -0.507 e. The van der Waals surface area contributed by atoms with Crippen molar-refractivity contribution in [2.24, 2.45) is 0 Å². The number of rotatable bonds is 4. The summed E-state index contributed by atoms with van der Waals surface area (Å²) in [5, 5.41) is 10.9. The van der Waals surface area contributed by atoms with Crippen LogP contribution in [0.1, 0.15) is 22.9 Å². The number of ketones is 1. The maximum absolute atomic E-state index is 12.9. The number of alkyl halides is 3. The zero-order valence-electron chi connectivity index (χ0n) is 16.6. The molecule has 1 fully saturated rings. The molecule has 4 rings (SSSR count). The lowest BCUT2D eigenvalue weighted by Crippen LogP contribution is -2.29. The average molecular weight is 443 g/mol. The number of carbonyl (C=O) groups excluding carboxylic acids is 2. The highest BCUT2D eigenvalue weighted by Gasteiger charge is 2.48. The molecule has 1 atom stereocenters. The molecule has 0 radical (unpaired) electrons. The van der Waals surface area contributed by atoms with Crippen molar-refractivity contribution in [3.63, 3.8) is 0 Å². The van der Waals surface area contributed by atoms with Crippen LogP contribution >= 0.6 is 0 Å². The molecule has 1 aliphatic heterocycles. The van der Waals surface area contributed by atoms with Gasteiger partial charge in [-0.2, -0.15) is 13.2 Å². The summed E-state index contributed by atoms with van der Waals surface area (Å²) in [5.74, 6) is -1.74. The number of hydrogen-bond donors (Lipinski definition) is 1.